The van der Waals surface area contributed by atoms with Crippen molar-refractivity contribution >= 4 is 6.02 Å². The third-order valence-corrected chi connectivity index (χ3v) is 2.49. The van der Waals surface area contributed by atoms with Gasteiger partial charge >= 0.3 is 0 Å². The average Bonchev–Trinajstić information content (AvgIpc) is 2.73. The standard InChI is InChI=1S/C12H15FN2O2/c13-10-3-1-9(2-4-10)5-6-16-7-11-8-17-12(14)15-11/h1-4,11H,5-8H2,(H2,14,15). The lowest BCUT2D eigenvalue weighted by molar-refractivity contribution is 0.115. The van der Waals surface area contributed by atoms with E-state index in [2.05, 4.69) is 4.99 Å². The molecule has 0 spiro atoms. The van der Waals surface area contributed by atoms with Gasteiger partial charge < -0.3 is 15.2 Å². The number of ether oxygens (including phenoxy) is 2. The molecule has 2 rings (SSSR count). The first-order chi connectivity index (χ1) is 8.24. The highest BCUT2D eigenvalue weighted by Gasteiger charge is 2.16. The summed E-state index contributed by atoms with van der Waals surface area (Å²) < 4.78 is 23.1. The highest BCUT2D eigenvalue weighted by molar-refractivity contribution is 5.73. The SMILES string of the molecule is NC1=NC(COCCc2ccc(F)cc2)CO1. The highest BCUT2D eigenvalue weighted by atomic mass is 19.1. The molecule has 1 aromatic carbocycles. The first-order valence-electron chi connectivity index (χ1n) is 5.52. The molecule has 5 heteroatoms. The molecule has 0 radical (unpaired) electrons. The normalized spacial score (nSPS) is 18.9. The van der Waals surface area contributed by atoms with Crippen molar-refractivity contribution in [2.75, 3.05) is 19.8 Å². The lowest BCUT2D eigenvalue weighted by Crippen LogP contribution is -2.16. The summed E-state index contributed by atoms with van der Waals surface area (Å²) in [6.07, 6.45) is 0.757. The van der Waals surface area contributed by atoms with Crippen LogP contribution >= 0.6 is 0 Å². The summed E-state index contributed by atoms with van der Waals surface area (Å²) in [5.41, 5.74) is 6.42. The molecule has 0 saturated heterocycles. The number of hydrogen-bond donors (Lipinski definition) is 1. The van der Waals surface area contributed by atoms with Crippen molar-refractivity contribution in [2.24, 2.45) is 10.7 Å². The molecule has 0 saturated carbocycles. The number of hydrogen-bond acceptors (Lipinski definition) is 4. The number of rotatable bonds is 5. The second-order valence-electron chi connectivity index (χ2n) is 3.88. The van der Waals surface area contributed by atoms with Crippen molar-refractivity contribution in [1.82, 2.24) is 0 Å². The maximum Gasteiger partial charge on any atom is 0.282 e. The number of benzene rings is 1. The Morgan fingerprint density at radius 1 is 1.41 bits per heavy atom. The summed E-state index contributed by atoms with van der Waals surface area (Å²) in [6.45, 7) is 1.57. The van der Waals surface area contributed by atoms with Gasteiger partial charge in [0.2, 0.25) is 0 Å². The van der Waals surface area contributed by atoms with Crippen molar-refractivity contribution in [3.05, 3.63) is 35.6 Å². The molecule has 1 atom stereocenters. The summed E-state index contributed by atoms with van der Waals surface area (Å²) in [5.74, 6) is -0.220. The number of nitrogens with two attached hydrogens (primary N) is 1. The third-order valence-electron chi connectivity index (χ3n) is 2.49. The second-order valence-corrected chi connectivity index (χ2v) is 3.88. The maximum atomic E-state index is 12.6. The van der Waals surface area contributed by atoms with Crippen LogP contribution in [0.2, 0.25) is 0 Å². The molecule has 1 aliphatic heterocycles. The molecule has 0 aliphatic carbocycles. The molecule has 92 valence electrons. The molecule has 17 heavy (non-hydrogen) atoms. The quantitative estimate of drug-likeness (QED) is 0.781. The van der Waals surface area contributed by atoms with Crippen LogP contribution in [0.5, 0.6) is 0 Å². The Hall–Kier alpha value is -1.62. The molecular formula is C12H15FN2O2. The Kier molecular flexibility index (Phi) is 3.93. The fourth-order valence-corrected chi connectivity index (χ4v) is 1.58. The van der Waals surface area contributed by atoms with Crippen LogP contribution in [0.15, 0.2) is 29.3 Å². The third kappa shape index (κ3) is 3.71. The van der Waals surface area contributed by atoms with Crippen LogP contribution in [-0.4, -0.2) is 31.9 Å². The van der Waals surface area contributed by atoms with Crippen LogP contribution in [0, 0.1) is 5.82 Å². The summed E-state index contributed by atoms with van der Waals surface area (Å²) in [6, 6.07) is 6.65. The number of aliphatic imine (C=N–C) groups is 1. The second kappa shape index (κ2) is 5.63. The lowest BCUT2D eigenvalue weighted by Gasteiger charge is -2.06. The zero-order chi connectivity index (χ0) is 12.1. The minimum atomic E-state index is -0.220. The first kappa shape index (κ1) is 11.9. The molecule has 1 aromatic rings. The Bertz CT molecular complexity index is 392. The van der Waals surface area contributed by atoms with Gasteiger partial charge in [-0.3, -0.25) is 0 Å². The Morgan fingerprint density at radius 2 is 2.18 bits per heavy atom. The summed E-state index contributed by atoms with van der Waals surface area (Å²) >= 11 is 0. The van der Waals surface area contributed by atoms with Crippen LogP contribution in [0.25, 0.3) is 0 Å². The van der Waals surface area contributed by atoms with E-state index in [0.29, 0.717) is 19.8 Å². The smallest absolute Gasteiger partial charge is 0.282 e. The Morgan fingerprint density at radius 3 is 2.82 bits per heavy atom. The summed E-state index contributed by atoms with van der Waals surface area (Å²) in [7, 11) is 0. The molecule has 0 fully saturated rings. The van der Waals surface area contributed by atoms with E-state index in [0.717, 1.165) is 12.0 Å². The lowest BCUT2D eigenvalue weighted by atomic mass is 10.2. The molecule has 1 unspecified atom stereocenters. The van der Waals surface area contributed by atoms with E-state index in [1.807, 2.05) is 0 Å². The molecular weight excluding hydrogens is 223 g/mol. The van der Waals surface area contributed by atoms with E-state index in [4.69, 9.17) is 15.2 Å². The van der Waals surface area contributed by atoms with Crippen molar-refractivity contribution in [3.63, 3.8) is 0 Å². The van der Waals surface area contributed by atoms with Gasteiger partial charge in [-0.1, -0.05) is 12.1 Å². The van der Waals surface area contributed by atoms with Gasteiger partial charge in [0.15, 0.2) is 0 Å². The van der Waals surface area contributed by atoms with E-state index in [1.165, 1.54) is 12.1 Å². The van der Waals surface area contributed by atoms with E-state index in [-0.39, 0.29) is 17.9 Å². The van der Waals surface area contributed by atoms with Gasteiger partial charge in [0.05, 0.1) is 13.2 Å². The highest BCUT2D eigenvalue weighted by Crippen LogP contribution is 2.05. The Labute approximate surface area is 99.2 Å². The fourth-order valence-electron chi connectivity index (χ4n) is 1.58. The molecule has 0 aromatic heterocycles. The van der Waals surface area contributed by atoms with Crippen molar-refractivity contribution in [3.8, 4) is 0 Å². The molecule has 1 aliphatic rings. The Balaban J connectivity index is 1.65. The minimum Gasteiger partial charge on any atom is -0.463 e. The van der Waals surface area contributed by atoms with Gasteiger partial charge in [-0.05, 0) is 24.1 Å². The summed E-state index contributed by atoms with van der Waals surface area (Å²) in [5, 5.41) is 0. The average molecular weight is 238 g/mol. The van der Waals surface area contributed by atoms with Gasteiger partial charge in [0.1, 0.15) is 18.5 Å². The predicted molar refractivity (Wildman–Crippen MR) is 62.3 cm³/mol. The maximum absolute atomic E-state index is 12.6. The molecule has 0 bridgehead atoms. The molecule has 0 amide bonds. The van der Waals surface area contributed by atoms with Gasteiger partial charge in [0, 0.05) is 0 Å². The molecule has 2 N–H and O–H groups in total. The van der Waals surface area contributed by atoms with Crippen LogP contribution in [0.4, 0.5) is 4.39 Å². The number of amidine groups is 1. The van der Waals surface area contributed by atoms with Crippen molar-refractivity contribution in [1.29, 1.82) is 0 Å². The molecule has 1 heterocycles. The van der Waals surface area contributed by atoms with Gasteiger partial charge in [-0.2, -0.15) is 0 Å². The predicted octanol–water partition coefficient (Wildman–Crippen LogP) is 1.10. The van der Waals surface area contributed by atoms with Crippen molar-refractivity contribution in [2.45, 2.75) is 12.5 Å². The topological polar surface area (TPSA) is 56.8 Å². The zero-order valence-corrected chi connectivity index (χ0v) is 9.43. The van der Waals surface area contributed by atoms with Crippen LogP contribution < -0.4 is 5.73 Å². The van der Waals surface area contributed by atoms with E-state index >= 15 is 0 Å². The van der Waals surface area contributed by atoms with E-state index in [9.17, 15) is 4.39 Å². The largest absolute Gasteiger partial charge is 0.463 e. The fraction of sp³-hybridized carbons (Fsp3) is 0.417. The van der Waals surface area contributed by atoms with Crippen molar-refractivity contribution < 1.29 is 13.9 Å². The number of nitrogens with zero attached hydrogens (tertiary/aromatic N) is 1. The van der Waals surface area contributed by atoms with Crippen LogP contribution in [-0.2, 0) is 15.9 Å². The van der Waals surface area contributed by atoms with Crippen LogP contribution in [0.3, 0.4) is 0 Å². The number of halogens is 1. The summed E-state index contributed by atoms with van der Waals surface area (Å²) in [4.78, 5) is 4.04. The first-order valence-corrected chi connectivity index (χ1v) is 5.52. The van der Waals surface area contributed by atoms with E-state index < -0.39 is 0 Å². The minimum absolute atomic E-state index is 0.00298. The van der Waals surface area contributed by atoms with E-state index in [1.54, 1.807) is 12.1 Å². The van der Waals surface area contributed by atoms with Crippen LogP contribution in [0.1, 0.15) is 5.56 Å². The van der Waals surface area contributed by atoms with Gasteiger partial charge in [-0.25, -0.2) is 9.38 Å². The van der Waals surface area contributed by atoms with Gasteiger partial charge in [-0.15, -0.1) is 0 Å². The monoisotopic (exact) mass is 238 g/mol. The molecule has 4 nitrogen and oxygen atoms in total. The zero-order valence-electron chi connectivity index (χ0n) is 9.43. The van der Waals surface area contributed by atoms with Gasteiger partial charge in [0.25, 0.3) is 6.02 Å².